The second-order valence-corrected chi connectivity index (χ2v) is 6.13. The number of nitrogens with one attached hydrogen (secondary N) is 2. The molecule has 1 aliphatic rings. The first-order valence-electron chi connectivity index (χ1n) is 8.78. The summed E-state index contributed by atoms with van der Waals surface area (Å²) in [6.07, 6.45) is 0.368. The molecule has 0 spiro atoms. The van der Waals surface area contributed by atoms with Crippen LogP contribution in [0.1, 0.15) is 18.1 Å². The number of anilines is 1. The van der Waals surface area contributed by atoms with Gasteiger partial charge in [-0.1, -0.05) is 30.3 Å². The predicted octanol–water partition coefficient (Wildman–Crippen LogP) is 2.79. The number of benzene rings is 2. The molecule has 1 aliphatic heterocycles. The molecule has 0 radical (unpaired) electrons. The number of fused-ring (bicyclic) bond motifs is 1. The molecule has 2 aromatic carbocycles. The van der Waals surface area contributed by atoms with Crippen molar-refractivity contribution in [2.24, 2.45) is 0 Å². The van der Waals surface area contributed by atoms with Crippen LogP contribution in [-0.2, 0) is 17.8 Å². The summed E-state index contributed by atoms with van der Waals surface area (Å²) in [5.74, 6) is 0.816. The lowest BCUT2D eigenvalue weighted by molar-refractivity contribution is -0.131. The van der Waals surface area contributed by atoms with Crippen LogP contribution in [0.3, 0.4) is 0 Å². The second kappa shape index (κ2) is 8.38. The van der Waals surface area contributed by atoms with Crippen LogP contribution < -0.4 is 15.4 Å². The Kier molecular flexibility index (Phi) is 5.73. The van der Waals surface area contributed by atoms with E-state index in [0.29, 0.717) is 38.3 Å². The second-order valence-electron chi connectivity index (χ2n) is 6.13. The highest BCUT2D eigenvalue weighted by atomic mass is 16.5. The van der Waals surface area contributed by atoms with E-state index in [1.54, 1.807) is 11.0 Å². The lowest BCUT2D eigenvalue weighted by Crippen LogP contribution is -2.33. The Hall–Kier alpha value is -3.02. The minimum Gasteiger partial charge on any atom is -0.491 e. The lowest BCUT2D eigenvalue weighted by Gasteiger charge is -2.20. The number of urea groups is 1. The Labute approximate surface area is 153 Å². The molecular formula is C20H23N3O3. The average molecular weight is 353 g/mol. The number of hydrogen-bond acceptors (Lipinski definition) is 3. The van der Waals surface area contributed by atoms with Crippen LogP contribution in [0.15, 0.2) is 48.5 Å². The van der Waals surface area contributed by atoms with Crippen molar-refractivity contribution in [3.05, 3.63) is 59.7 Å². The van der Waals surface area contributed by atoms with Crippen molar-refractivity contribution in [2.75, 3.05) is 25.0 Å². The van der Waals surface area contributed by atoms with Crippen LogP contribution in [0.4, 0.5) is 10.5 Å². The highest BCUT2D eigenvalue weighted by molar-refractivity contribution is 5.89. The summed E-state index contributed by atoms with van der Waals surface area (Å²) in [6.45, 7) is 3.88. The van der Waals surface area contributed by atoms with Crippen LogP contribution in [0.2, 0.25) is 0 Å². The van der Waals surface area contributed by atoms with Crippen molar-refractivity contribution in [3.8, 4) is 5.75 Å². The molecule has 0 fully saturated rings. The number of rotatable bonds is 4. The SMILES string of the molecule is CCNC(=O)Nc1ccc2c(c1)CN(C(=O)Cc1ccccc1)CCO2. The molecule has 6 heteroatoms. The molecule has 0 saturated carbocycles. The van der Waals surface area contributed by atoms with Gasteiger partial charge >= 0.3 is 6.03 Å². The van der Waals surface area contributed by atoms with E-state index in [0.717, 1.165) is 16.9 Å². The molecule has 1 heterocycles. The zero-order chi connectivity index (χ0) is 18.4. The molecule has 136 valence electrons. The Morgan fingerprint density at radius 2 is 1.96 bits per heavy atom. The van der Waals surface area contributed by atoms with Crippen molar-refractivity contribution < 1.29 is 14.3 Å². The number of hydrogen-bond donors (Lipinski definition) is 2. The molecule has 0 aliphatic carbocycles. The van der Waals surface area contributed by atoms with Crippen LogP contribution in [0, 0.1) is 0 Å². The Bertz CT molecular complexity index is 777. The molecule has 2 N–H and O–H groups in total. The number of nitrogens with zero attached hydrogens (tertiary/aromatic N) is 1. The molecule has 3 amide bonds. The molecular weight excluding hydrogens is 330 g/mol. The molecule has 2 aromatic rings. The van der Waals surface area contributed by atoms with Gasteiger partial charge in [0.05, 0.1) is 13.0 Å². The number of carbonyl (C=O) groups is 2. The summed E-state index contributed by atoms with van der Waals surface area (Å²) in [7, 11) is 0. The number of ether oxygens (including phenoxy) is 1. The molecule has 0 bridgehead atoms. The van der Waals surface area contributed by atoms with Crippen molar-refractivity contribution in [1.29, 1.82) is 0 Å². The quantitative estimate of drug-likeness (QED) is 0.888. The third-order valence-corrected chi connectivity index (χ3v) is 4.19. The van der Waals surface area contributed by atoms with E-state index >= 15 is 0 Å². The van der Waals surface area contributed by atoms with Crippen LogP contribution >= 0.6 is 0 Å². The van der Waals surface area contributed by atoms with Gasteiger partial charge in [0.2, 0.25) is 5.91 Å². The van der Waals surface area contributed by atoms with E-state index in [1.807, 2.05) is 49.4 Å². The van der Waals surface area contributed by atoms with Gasteiger partial charge < -0.3 is 20.3 Å². The Morgan fingerprint density at radius 3 is 2.73 bits per heavy atom. The van der Waals surface area contributed by atoms with Gasteiger partial charge in [0.25, 0.3) is 0 Å². The van der Waals surface area contributed by atoms with Gasteiger partial charge in [-0.2, -0.15) is 0 Å². The van der Waals surface area contributed by atoms with E-state index in [9.17, 15) is 9.59 Å². The summed E-state index contributed by atoms with van der Waals surface area (Å²) < 4.78 is 5.76. The van der Waals surface area contributed by atoms with Gasteiger partial charge in [-0.3, -0.25) is 4.79 Å². The van der Waals surface area contributed by atoms with E-state index < -0.39 is 0 Å². The third-order valence-electron chi connectivity index (χ3n) is 4.19. The fourth-order valence-electron chi connectivity index (χ4n) is 2.90. The summed E-state index contributed by atoms with van der Waals surface area (Å²) in [5.41, 5.74) is 2.56. The normalized spacial score (nSPS) is 13.2. The summed E-state index contributed by atoms with van der Waals surface area (Å²) >= 11 is 0. The minimum atomic E-state index is -0.251. The lowest BCUT2D eigenvalue weighted by atomic mass is 10.1. The van der Waals surface area contributed by atoms with E-state index in [2.05, 4.69) is 10.6 Å². The molecule has 3 rings (SSSR count). The topological polar surface area (TPSA) is 70.7 Å². The molecule has 26 heavy (non-hydrogen) atoms. The maximum atomic E-state index is 12.7. The maximum Gasteiger partial charge on any atom is 0.319 e. The largest absolute Gasteiger partial charge is 0.491 e. The minimum absolute atomic E-state index is 0.0646. The first-order valence-corrected chi connectivity index (χ1v) is 8.78. The summed E-state index contributed by atoms with van der Waals surface area (Å²) in [6, 6.07) is 15.0. The fraction of sp³-hybridized carbons (Fsp3) is 0.300. The van der Waals surface area contributed by atoms with Gasteiger partial charge in [-0.15, -0.1) is 0 Å². The van der Waals surface area contributed by atoms with E-state index in [-0.39, 0.29) is 11.9 Å². The fourth-order valence-corrected chi connectivity index (χ4v) is 2.90. The zero-order valence-corrected chi connectivity index (χ0v) is 14.8. The molecule has 0 unspecified atom stereocenters. The van der Waals surface area contributed by atoms with Crippen molar-refractivity contribution in [2.45, 2.75) is 19.9 Å². The molecule has 0 aromatic heterocycles. The van der Waals surface area contributed by atoms with E-state index in [4.69, 9.17) is 4.74 Å². The zero-order valence-electron chi connectivity index (χ0n) is 14.8. The van der Waals surface area contributed by atoms with Gasteiger partial charge in [-0.05, 0) is 30.7 Å². The van der Waals surface area contributed by atoms with Crippen LogP contribution in [0.25, 0.3) is 0 Å². The number of amides is 3. The van der Waals surface area contributed by atoms with Crippen molar-refractivity contribution in [3.63, 3.8) is 0 Å². The van der Waals surface area contributed by atoms with Crippen molar-refractivity contribution in [1.82, 2.24) is 10.2 Å². The van der Waals surface area contributed by atoms with Crippen molar-refractivity contribution >= 4 is 17.6 Å². The van der Waals surface area contributed by atoms with E-state index in [1.165, 1.54) is 0 Å². The number of carbonyl (C=O) groups excluding carboxylic acids is 2. The molecule has 6 nitrogen and oxygen atoms in total. The predicted molar refractivity (Wildman–Crippen MR) is 100 cm³/mol. The first-order chi connectivity index (χ1) is 12.7. The van der Waals surface area contributed by atoms with Crippen LogP contribution in [0.5, 0.6) is 5.75 Å². The molecule has 0 atom stereocenters. The standard InChI is InChI=1S/C20H23N3O3/c1-2-21-20(25)22-17-8-9-18-16(13-17)14-23(10-11-26-18)19(24)12-15-6-4-3-5-7-15/h3-9,13H,2,10-12,14H2,1H3,(H2,21,22,25). The Morgan fingerprint density at radius 1 is 1.15 bits per heavy atom. The van der Waals surface area contributed by atoms with Gasteiger partial charge in [0.1, 0.15) is 12.4 Å². The maximum absolute atomic E-state index is 12.7. The summed E-state index contributed by atoms with van der Waals surface area (Å²) in [4.78, 5) is 26.2. The smallest absolute Gasteiger partial charge is 0.319 e. The Balaban J connectivity index is 1.71. The average Bonchev–Trinajstić information content (AvgIpc) is 2.85. The first kappa shape index (κ1) is 17.8. The van der Waals surface area contributed by atoms with Gasteiger partial charge in [0.15, 0.2) is 0 Å². The van der Waals surface area contributed by atoms with Crippen LogP contribution in [-0.4, -0.2) is 36.5 Å². The monoisotopic (exact) mass is 353 g/mol. The van der Waals surface area contributed by atoms with Gasteiger partial charge in [-0.25, -0.2) is 4.79 Å². The van der Waals surface area contributed by atoms with Gasteiger partial charge in [0, 0.05) is 24.3 Å². The highest BCUT2D eigenvalue weighted by Gasteiger charge is 2.20. The molecule has 0 saturated heterocycles. The third kappa shape index (κ3) is 4.53. The highest BCUT2D eigenvalue weighted by Crippen LogP contribution is 2.26. The summed E-state index contributed by atoms with van der Waals surface area (Å²) in [5, 5.41) is 5.48.